The van der Waals surface area contributed by atoms with Gasteiger partial charge in [0.2, 0.25) is 0 Å². The van der Waals surface area contributed by atoms with Crippen LogP contribution >= 0.6 is 0 Å². The Labute approximate surface area is 311 Å². The molecule has 8 rings (SSSR count). The van der Waals surface area contributed by atoms with Crippen molar-refractivity contribution in [2.45, 2.75) is 27.7 Å². The summed E-state index contributed by atoms with van der Waals surface area (Å²) >= 11 is 0. The minimum Gasteiger partial charge on any atom is -0.507 e. The predicted molar refractivity (Wildman–Crippen MR) is 200 cm³/mol. The van der Waals surface area contributed by atoms with E-state index < -0.39 is 0 Å². The van der Waals surface area contributed by atoms with Crippen LogP contribution in [0.5, 0.6) is 11.5 Å². The van der Waals surface area contributed by atoms with E-state index in [-0.39, 0.29) is 37.7 Å². The van der Waals surface area contributed by atoms with Crippen LogP contribution in [-0.2, 0) is 26.2 Å². The molecule has 0 saturated heterocycles. The molecule has 2 saturated carbocycles. The van der Waals surface area contributed by atoms with Gasteiger partial charge in [0.05, 0.1) is 0 Å². The molecule has 2 N–H and O–H groups in total. The van der Waals surface area contributed by atoms with Gasteiger partial charge in [0, 0.05) is 49.2 Å². The van der Waals surface area contributed by atoms with Crippen LogP contribution in [0.2, 0.25) is 0 Å². The standard InChI is InChI=1S/C26H24.C20H14O2.Zr/c1-17-13-21(14-18(17)2)23-9-5-7-11-25(23)26-12-8-6-10-24(26)22-15-19(3)20(4)16-22;21-17-11-9-13-5-1-3-7-15(13)19(17)20-16-8-4-2-6-14(16)10-12-18(20)22;/h5-16H,1-4H3;1-12,21-22H;. The van der Waals surface area contributed by atoms with Gasteiger partial charge in [-0.05, 0) is 105 Å². The predicted octanol–water partition coefficient (Wildman–Crippen LogP) is 11.5. The Bertz CT molecular complexity index is 1900. The van der Waals surface area contributed by atoms with Crippen LogP contribution in [-0.4, -0.2) is 10.2 Å². The quantitative estimate of drug-likeness (QED) is 0.191. The van der Waals surface area contributed by atoms with Crippen LogP contribution < -0.4 is 0 Å². The third-order valence-electron chi connectivity index (χ3n) is 9.56. The van der Waals surface area contributed by atoms with Crippen molar-refractivity contribution in [3.63, 3.8) is 0 Å². The molecule has 0 bridgehead atoms. The van der Waals surface area contributed by atoms with E-state index in [1.54, 1.807) is 12.1 Å². The summed E-state index contributed by atoms with van der Waals surface area (Å²) < 4.78 is 0. The Balaban J connectivity index is 0.000000169. The Morgan fingerprint density at radius 2 is 0.653 bits per heavy atom. The molecule has 0 unspecified atom stereocenters. The van der Waals surface area contributed by atoms with Gasteiger partial charge in [-0.3, -0.25) is 0 Å². The Hall–Kier alpha value is -3.68. The summed E-state index contributed by atoms with van der Waals surface area (Å²) in [6.07, 6.45) is 9.20. The molecule has 10 radical (unpaired) electrons. The maximum absolute atomic E-state index is 10.4. The summed E-state index contributed by atoms with van der Waals surface area (Å²) in [6.45, 7) is 8.74. The Kier molecular flexibility index (Phi) is 10.8. The molecule has 0 aromatic heterocycles. The minimum atomic E-state index is 0. The third kappa shape index (κ3) is 7.02. The van der Waals surface area contributed by atoms with Crippen LogP contribution in [0.3, 0.4) is 0 Å². The third-order valence-corrected chi connectivity index (χ3v) is 9.56. The van der Waals surface area contributed by atoms with Crippen LogP contribution in [0.1, 0.15) is 38.8 Å². The van der Waals surface area contributed by atoms with Gasteiger partial charge in [-0.2, -0.15) is 0 Å². The molecule has 6 aromatic carbocycles. The molecule has 0 atom stereocenters. The summed E-state index contributed by atoms with van der Waals surface area (Å²) in [5.74, 6) is 8.36. The van der Waals surface area contributed by atoms with Gasteiger partial charge in [0.1, 0.15) is 11.5 Å². The van der Waals surface area contributed by atoms with Gasteiger partial charge in [0.25, 0.3) is 0 Å². The largest absolute Gasteiger partial charge is 0.507 e. The molecule has 0 aliphatic heterocycles. The van der Waals surface area contributed by atoms with Crippen molar-refractivity contribution in [3.05, 3.63) is 194 Å². The Morgan fingerprint density at radius 1 is 0.347 bits per heavy atom. The molecule has 2 aliphatic rings. The van der Waals surface area contributed by atoms with Gasteiger partial charge in [-0.1, -0.05) is 137 Å². The van der Waals surface area contributed by atoms with E-state index in [1.165, 1.54) is 57.8 Å². The SMILES string of the molecule is C[C]1[CH][C](c2ccccc2-c2ccccc2[C]2[CH][C](C)[C](C)[CH]2)[CH][C]1C.Oc1ccc2ccccc2c1-c1c(O)ccc2ccccc12.[Zr]. The summed E-state index contributed by atoms with van der Waals surface area (Å²) in [5.41, 5.74) is 6.54. The van der Waals surface area contributed by atoms with E-state index in [1.807, 2.05) is 60.7 Å². The number of rotatable bonds is 4. The first kappa shape index (κ1) is 35.2. The molecule has 238 valence electrons. The van der Waals surface area contributed by atoms with E-state index in [2.05, 4.69) is 102 Å². The Morgan fingerprint density at radius 3 is 1.02 bits per heavy atom. The van der Waals surface area contributed by atoms with Gasteiger partial charge in [-0.25, -0.2) is 0 Å². The maximum Gasteiger partial charge on any atom is 0.124 e. The molecule has 0 amide bonds. The molecule has 2 nitrogen and oxygen atoms in total. The van der Waals surface area contributed by atoms with Gasteiger partial charge in [-0.15, -0.1) is 0 Å². The first-order valence-electron chi connectivity index (χ1n) is 16.4. The number of fused-ring (bicyclic) bond motifs is 2. The van der Waals surface area contributed by atoms with Gasteiger partial charge in [0.15, 0.2) is 0 Å². The summed E-state index contributed by atoms with van der Waals surface area (Å²) in [6, 6.07) is 40.4. The molecule has 0 spiro atoms. The van der Waals surface area contributed by atoms with Crippen molar-refractivity contribution < 1.29 is 36.4 Å². The van der Waals surface area contributed by atoms with Crippen LogP contribution in [0.15, 0.2) is 121 Å². The van der Waals surface area contributed by atoms with E-state index >= 15 is 0 Å². The van der Waals surface area contributed by atoms with Crippen molar-refractivity contribution in [3.8, 4) is 33.8 Å². The van der Waals surface area contributed by atoms with E-state index in [0.29, 0.717) is 11.1 Å². The smallest absolute Gasteiger partial charge is 0.124 e. The summed E-state index contributed by atoms with van der Waals surface area (Å²) in [4.78, 5) is 0. The zero-order chi connectivity index (χ0) is 33.4. The minimum absolute atomic E-state index is 0. The summed E-state index contributed by atoms with van der Waals surface area (Å²) in [7, 11) is 0. The molecular weight excluding hydrogens is 676 g/mol. The number of hydrogen-bond acceptors (Lipinski definition) is 2. The van der Waals surface area contributed by atoms with E-state index in [0.717, 1.165) is 21.5 Å². The first-order chi connectivity index (χ1) is 23.3. The fourth-order valence-corrected chi connectivity index (χ4v) is 6.77. The summed E-state index contributed by atoms with van der Waals surface area (Å²) in [5, 5.41) is 24.8. The fourth-order valence-electron chi connectivity index (χ4n) is 6.77. The second-order valence-electron chi connectivity index (χ2n) is 12.7. The molecule has 3 heteroatoms. The molecule has 0 heterocycles. The van der Waals surface area contributed by atoms with E-state index in [4.69, 9.17) is 0 Å². The van der Waals surface area contributed by atoms with Crippen molar-refractivity contribution in [2.75, 3.05) is 0 Å². The molecule has 2 fully saturated rings. The van der Waals surface area contributed by atoms with Crippen LogP contribution in [0, 0.1) is 61.2 Å². The average Bonchev–Trinajstić information content (AvgIpc) is 3.64. The number of hydrogen-bond donors (Lipinski definition) is 2. The molecular formula is C46H38O2Zr. The van der Waals surface area contributed by atoms with Crippen molar-refractivity contribution in [1.29, 1.82) is 0 Å². The molecule has 2 aliphatic carbocycles. The zero-order valence-electron chi connectivity index (χ0n) is 28.3. The molecule has 6 aromatic rings. The maximum atomic E-state index is 10.4. The van der Waals surface area contributed by atoms with E-state index in [9.17, 15) is 10.2 Å². The second kappa shape index (κ2) is 15.1. The number of phenolic OH excluding ortho intramolecular Hbond substituents is 2. The topological polar surface area (TPSA) is 40.5 Å². The monoisotopic (exact) mass is 712 g/mol. The first-order valence-corrected chi connectivity index (χ1v) is 16.4. The van der Waals surface area contributed by atoms with Crippen LogP contribution in [0.25, 0.3) is 43.8 Å². The number of aromatic hydroxyl groups is 2. The zero-order valence-corrected chi connectivity index (χ0v) is 30.7. The average molecular weight is 714 g/mol. The normalized spacial score (nSPS) is 16.6. The fraction of sp³-hybridized carbons (Fsp3) is 0.0870. The van der Waals surface area contributed by atoms with Gasteiger partial charge >= 0.3 is 0 Å². The van der Waals surface area contributed by atoms with Crippen LogP contribution in [0.4, 0.5) is 0 Å². The van der Waals surface area contributed by atoms with Crippen molar-refractivity contribution in [2.24, 2.45) is 0 Å². The number of benzene rings is 6. The number of phenols is 2. The van der Waals surface area contributed by atoms with Crippen molar-refractivity contribution >= 4 is 21.5 Å². The second-order valence-corrected chi connectivity index (χ2v) is 12.7. The molecule has 49 heavy (non-hydrogen) atoms. The van der Waals surface area contributed by atoms with Gasteiger partial charge < -0.3 is 10.2 Å². The van der Waals surface area contributed by atoms with Crippen molar-refractivity contribution in [1.82, 2.24) is 0 Å².